The minimum Gasteiger partial charge on any atom is -0.481 e. The molecule has 0 bridgehead atoms. The van der Waals surface area contributed by atoms with Crippen LogP contribution in [0.5, 0.6) is 0 Å². The van der Waals surface area contributed by atoms with Crippen LogP contribution in [-0.2, 0) is 22.5 Å². The molecule has 1 atom stereocenters. The maximum absolute atomic E-state index is 11.2. The van der Waals surface area contributed by atoms with Crippen molar-refractivity contribution < 1.29 is 14.6 Å². The Morgan fingerprint density at radius 3 is 2.95 bits per heavy atom. The van der Waals surface area contributed by atoms with Crippen molar-refractivity contribution in [2.75, 3.05) is 6.61 Å². The van der Waals surface area contributed by atoms with Crippen molar-refractivity contribution in [1.29, 1.82) is 0 Å². The first-order chi connectivity index (χ1) is 9.49. The molecule has 0 aliphatic carbocycles. The third-order valence-electron chi connectivity index (χ3n) is 3.69. The van der Waals surface area contributed by atoms with Crippen LogP contribution >= 0.6 is 0 Å². The molecule has 7 heteroatoms. The second-order valence-electron chi connectivity index (χ2n) is 5.97. The van der Waals surface area contributed by atoms with E-state index < -0.39 is 11.4 Å². The van der Waals surface area contributed by atoms with Crippen molar-refractivity contribution in [3.63, 3.8) is 0 Å². The Hall–Kier alpha value is -1.50. The van der Waals surface area contributed by atoms with E-state index in [2.05, 4.69) is 15.5 Å². The van der Waals surface area contributed by atoms with Gasteiger partial charge in [0.2, 0.25) is 0 Å². The normalized spacial score (nSPS) is 20.0. The van der Waals surface area contributed by atoms with Gasteiger partial charge in [-0.2, -0.15) is 0 Å². The second-order valence-corrected chi connectivity index (χ2v) is 5.97. The van der Waals surface area contributed by atoms with E-state index in [0.717, 1.165) is 31.7 Å². The van der Waals surface area contributed by atoms with E-state index in [9.17, 15) is 4.79 Å². The van der Waals surface area contributed by atoms with Gasteiger partial charge < -0.3 is 9.84 Å². The Labute approximate surface area is 118 Å². The van der Waals surface area contributed by atoms with Gasteiger partial charge in [-0.3, -0.25) is 4.79 Å². The molecule has 7 nitrogen and oxygen atoms in total. The summed E-state index contributed by atoms with van der Waals surface area (Å²) in [7, 11) is 0. The van der Waals surface area contributed by atoms with Gasteiger partial charge in [0.05, 0.1) is 18.1 Å². The molecule has 2 rings (SSSR count). The molecule has 1 aliphatic rings. The maximum atomic E-state index is 11.2. The molecule has 0 radical (unpaired) electrons. The molecule has 1 N–H and O–H groups in total. The number of hydrogen-bond acceptors (Lipinski definition) is 5. The molecule has 1 unspecified atom stereocenters. The quantitative estimate of drug-likeness (QED) is 0.845. The highest BCUT2D eigenvalue weighted by atomic mass is 16.5. The molecule has 1 saturated heterocycles. The number of aromatic nitrogens is 4. The van der Waals surface area contributed by atoms with Crippen LogP contribution in [0.25, 0.3) is 0 Å². The lowest BCUT2D eigenvalue weighted by molar-refractivity contribution is -0.147. The summed E-state index contributed by atoms with van der Waals surface area (Å²) in [5.41, 5.74) is -0.883. The van der Waals surface area contributed by atoms with Gasteiger partial charge in [-0.05, 0) is 50.0 Å². The van der Waals surface area contributed by atoms with Gasteiger partial charge in [0.25, 0.3) is 0 Å². The summed E-state index contributed by atoms with van der Waals surface area (Å²) in [5.74, 6) is -0.122. The predicted molar refractivity (Wildman–Crippen MR) is 71.1 cm³/mol. The van der Waals surface area contributed by atoms with E-state index in [1.54, 1.807) is 18.5 Å². The van der Waals surface area contributed by atoms with Crippen molar-refractivity contribution >= 4 is 5.97 Å². The van der Waals surface area contributed by atoms with Gasteiger partial charge in [0, 0.05) is 13.0 Å². The first-order valence-electron chi connectivity index (χ1n) is 7.09. The molecule has 0 aromatic carbocycles. The predicted octanol–water partition coefficient (Wildman–Crippen LogP) is 1.29. The van der Waals surface area contributed by atoms with Crippen LogP contribution in [0.1, 0.15) is 45.4 Å². The standard InChI is InChI=1S/C13H22N4O3/c1-13(2,12(18)19)9-17-11(14-15-16-17)7-6-10-5-3-4-8-20-10/h10H,3-9H2,1-2H3,(H,18,19). The molecule has 1 aliphatic heterocycles. The van der Waals surface area contributed by atoms with Gasteiger partial charge in [-0.25, -0.2) is 4.68 Å². The monoisotopic (exact) mass is 282 g/mol. The van der Waals surface area contributed by atoms with E-state index in [1.165, 1.54) is 6.42 Å². The molecule has 0 saturated carbocycles. The zero-order chi connectivity index (χ0) is 14.6. The molecule has 0 spiro atoms. The number of carbonyl (C=O) groups is 1. The maximum Gasteiger partial charge on any atom is 0.310 e. The number of carboxylic acids is 1. The topological polar surface area (TPSA) is 90.1 Å². The SMILES string of the molecule is CC(C)(Cn1nnnc1CCC1CCCCO1)C(=O)O. The Morgan fingerprint density at radius 1 is 1.50 bits per heavy atom. The van der Waals surface area contributed by atoms with Crippen LogP contribution in [0.2, 0.25) is 0 Å². The second kappa shape index (κ2) is 6.30. The lowest BCUT2D eigenvalue weighted by atomic mass is 9.94. The summed E-state index contributed by atoms with van der Waals surface area (Å²) in [5, 5.41) is 20.7. The molecule has 0 amide bonds. The molecule has 20 heavy (non-hydrogen) atoms. The third-order valence-corrected chi connectivity index (χ3v) is 3.69. The number of hydrogen-bond donors (Lipinski definition) is 1. The lowest BCUT2D eigenvalue weighted by Gasteiger charge is -2.22. The highest BCUT2D eigenvalue weighted by molar-refractivity contribution is 5.73. The van der Waals surface area contributed by atoms with Gasteiger partial charge in [-0.1, -0.05) is 0 Å². The summed E-state index contributed by atoms with van der Waals surface area (Å²) in [6, 6.07) is 0. The summed E-state index contributed by atoms with van der Waals surface area (Å²) < 4.78 is 7.28. The zero-order valence-corrected chi connectivity index (χ0v) is 12.1. The highest BCUT2D eigenvalue weighted by Gasteiger charge is 2.29. The van der Waals surface area contributed by atoms with Crippen molar-refractivity contribution in [2.45, 2.75) is 58.6 Å². The Kier molecular flexibility index (Phi) is 4.69. The fourth-order valence-electron chi connectivity index (χ4n) is 2.29. The molecular formula is C13H22N4O3. The van der Waals surface area contributed by atoms with Crippen LogP contribution in [-0.4, -0.2) is 44.0 Å². The average Bonchev–Trinajstić information content (AvgIpc) is 2.84. The van der Waals surface area contributed by atoms with Crippen LogP contribution < -0.4 is 0 Å². The number of tetrazole rings is 1. The molecule has 1 aromatic heterocycles. The van der Waals surface area contributed by atoms with Gasteiger partial charge in [-0.15, -0.1) is 5.10 Å². The first kappa shape index (κ1) is 14.9. The smallest absolute Gasteiger partial charge is 0.310 e. The fourth-order valence-corrected chi connectivity index (χ4v) is 2.29. The minimum atomic E-state index is -0.883. The Balaban J connectivity index is 1.92. The summed E-state index contributed by atoms with van der Waals surface area (Å²) in [4.78, 5) is 11.2. The zero-order valence-electron chi connectivity index (χ0n) is 12.1. The van der Waals surface area contributed by atoms with Crippen molar-refractivity contribution in [3.05, 3.63) is 5.82 Å². The largest absolute Gasteiger partial charge is 0.481 e. The molecule has 1 aromatic rings. The highest BCUT2D eigenvalue weighted by Crippen LogP contribution is 2.20. The minimum absolute atomic E-state index is 0.274. The van der Waals surface area contributed by atoms with Gasteiger partial charge in [0.15, 0.2) is 5.82 Å². The van der Waals surface area contributed by atoms with Crippen LogP contribution in [0.3, 0.4) is 0 Å². The van der Waals surface area contributed by atoms with Gasteiger partial charge in [0.1, 0.15) is 0 Å². The van der Waals surface area contributed by atoms with Crippen molar-refractivity contribution in [3.8, 4) is 0 Å². The molecule has 1 fully saturated rings. The van der Waals surface area contributed by atoms with Crippen LogP contribution in [0.15, 0.2) is 0 Å². The number of nitrogens with zero attached hydrogens (tertiary/aromatic N) is 4. The molecule has 2 heterocycles. The number of aryl methyl sites for hydroxylation is 1. The van der Waals surface area contributed by atoms with Crippen molar-refractivity contribution in [1.82, 2.24) is 20.2 Å². The summed E-state index contributed by atoms with van der Waals surface area (Å²) in [6.07, 6.45) is 5.31. The Bertz CT molecular complexity index is 452. The first-order valence-corrected chi connectivity index (χ1v) is 7.09. The Morgan fingerprint density at radius 2 is 2.30 bits per heavy atom. The van der Waals surface area contributed by atoms with Crippen LogP contribution in [0, 0.1) is 5.41 Å². The summed E-state index contributed by atoms with van der Waals surface area (Å²) in [6.45, 7) is 4.45. The van der Waals surface area contributed by atoms with Gasteiger partial charge >= 0.3 is 5.97 Å². The van der Waals surface area contributed by atoms with E-state index in [0.29, 0.717) is 6.42 Å². The average molecular weight is 282 g/mol. The van der Waals surface area contributed by atoms with Crippen molar-refractivity contribution in [2.24, 2.45) is 5.41 Å². The molecule has 112 valence electrons. The number of aliphatic carboxylic acids is 1. The lowest BCUT2D eigenvalue weighted by Crippen LogP contribution is -2.30. The van der Waals surface area contributed by atoms with Crippen LogP contribution in [0.4, 0.5) is 0 Å². The summed E-state index contributed by atoms with van der Waals surface area (Å²) >= 11 is 0. The van der Waals surface area contributed by atoms with E-state index in [4.69, 9.17) is 9.84 Å². The van der Waals surface area contributed by atoms with E-state index >= 15 is 0 Å². The van der Waals surface area contributed by atoms with E-state index in [1.807, 2.05) is 0 Å². The number of rotatable bonds is 6. The molecular weight excluding hydrogens is 260 g/mol. The van der Waals surface area contributed by atoms with E-state index in [-0.39, 0.29) is 12.6 Å². The fraction of sp³-hybridized carbons (Fsp3) is 0.846. The third kappa shape index (κ3) is 3.75. The number of ether oxygens (including phenoxy) is 1. The number of carboxylic acid groups (broad SMARTS) is 1.